The fourth-order valence-electron chi connectivity index (χ4n) is 1.62. The smallest absolute Gasteiger partial charge is 0.253 e. The summed E-state index contributed by atoms with van der Waals surface area (Å²) in [6.07, 6.45) is 0. The normalized spacial score (nSPS) is 10.7. The number of nitrogen functional groups attached to an aromatic ring is 1. The number of amides is 2. The standard InChI is InChI=1S/C13H20N4O2/c1-13(2,12(19)15-3)8-16-11(18)9-6-4-5-7-10(9)17-14/h4-7,17H,8,14H2,1-3H3,(H,15,19)(H,16,18). The fourth-order valence-corrected chi connectivity index (χ4v) is 1.62. The zero-order chi connectivity index (χ0) is 14.5. The van der Waals surface area contributed by atoms with Crippen LogP contribution in [0.2, 0.25) is 0 Å². The van der Waals surface area contributed by atoms with Gasteiger partial charge in [0.05, 0.1) is 16.7 Å². The molecule has 0 aliphatic carbocycles. The van der Waals surface area contributed by atoms with Crippen LogP contribution < -0.4 is 21.9 Å². The van der Waals surface area contributed by atoms with Crippen LogP contribution in [0.1, 0.15) is 24.2 Å². The second-order valence-corrected chi connectivity index (χ2v) is 4.84. The number of carbonyl (C=O) groups is 2. The lowest BCUT2D eigenvalue weighted by molar-refractivity contribution is -0.128. The molecule has 0 bridgehead atoms. The number of anilines is 1. The van der Waals surface area contributed by atoms with Gasteiger partial charge < -0.3 is 16.1 Å². The molecule has 1 aromatic carbocycles. The van der Waals surface area contributed by atoms with Crippen molar-refractivity contribution in [2.75, 3.05) is 19.0 Å². The molecular weight excluding hydrogens is 244 g/mol. The number of rotatable bonds is 5. The molecule has 2 amide bonds. The van der Waals surface area contributed by atoms with Crippen LogP contribution in [0, 0.1) is 5.41 Å². The van der Waals surface area contributed by atoms with Crippen LogP contribution in [-0.4, -0.2) is 25.4 Å². The van der Waals surface area contributed by atoms with Gasteiger partial charge in [-0.25, -0.2) is 0 Å². The third-order valence-electron chi connectivity index (χ3n) is 2.86. The second-order valence-electron chi connectivity index (χ2n) is 4.84. The van der Waals surface area contributed by atoms with E-state index in [4.69, 9.17) is 5.84 Å². The third kappa shape index (κ3) is 3.69. The molecule has 104 valence electrons. The summed E-state index contributed by atoms with van der Waals surface area (Å²) in [6.45, 7) is 3.77. The van der Waals surface area contributed by atoms with Gasteiger partial charge in [-0.3, -0.25) is 15.4 Å². The summed E-state index contributed by atoms with van der Waals surface area (Å²) in [5.74, 6) is 4.95. The molecular formula is C13H20N4O2. The Bertz CT molecular complexity index is 471. The molecule has 0 atom stereocenters. The summed E-state index contributed by atoms with van der Waals surface area (Å²) in [7, 11) is 1.57. The Morgan fingerprint density at radius 2 is 1.89 bits per heavy atom. The SMILES string of the molecule is CNC(=O)C(C)(C)CNC(=O)c1ccccc1NN. The number of nitrogens with two attached hydrogens (primary N) is 1. The summed E-state index contributed by atoms with van der Waals surface area (Å²) >= 11 is 0. The highest BCUT2D eigenvalue weighted by Crippen LogP contribution is 2.16. The lowest BCUT2D eigenvalue weighted by Crippen LogP contribution is -2.43. The molecule has 0 fully saturated rings. The first-order valence-corrected chi connectivity index (χ1v) is 5.98. The minimum atomic E-state index is -0.671. The fraction of sp³-hybridized carbons (Fsp3) is 0.385. The Balaban J connectivity index is 2.73. The van der Waals surface area contributed by atoms with Crippen molar-refractivity contribution in [3.8, 4) is 0 Å². The van der Waals surface area contributed by atoms with E-state index in [1.807, 2.05) is 0 Å². The quantitative estimate of drug-likeness (QED) is 0.459. The minimum absolute atomic E-state index is 0.127. The monoisotopic (exact) mass is 264 g/mol. The molecule has 0 saturated carbocycles. The number of hydrazine groups is 1. The van der Waals surface area contributed by atoms with Crippen molar-refractivity contribution in [3.63, 3.8) is 0 Å². The van der Waals surface area contributed by atoms with Gasteiger partial charge in [0, 0.05) is 13.6 Å². The van der Waals surface area contributed by atoms with Crippen molar-refractivity contribution < 1.29 is 9.59 Å². The molecule has 1 rings (SSSR count). The van der Waals surface area contributed by atoms with Crippen LogP contribution in [0.4, 0.5) is 5.69 Å². The van der Waals surface area contributed by atoms with Gasteiger partial charge in [0.15, 0.2) is 0 Å². The molecule has 0 heterocycles. The van der Waals surface area contributed by atoms with Gasteiger partial charge in [0.1, 0.15) is 0 Å². The molecule has 0 spiro atoms. The maximum Gasteiger partial charge on any atom is 0.253 e. The van der Waals surface area contributed by atoms with E-state index < -0.39 is 5.41 Å². The number of hydrogen-bond acceptors (Lipinski definition) is 4. The molecule has 5 N–H and O–H groups in total. The van der Waals surface area contributed by atoms with Gasteiger partial charge in [-0.15, -0.1) is 0 Å². The first kappa shape index (κ1) is 15.0. The van der Waals surface area contributed by atoms with Crippen LogP contribution in [0.15, 0.2) is 24.3 Å². The highest BCUT2D eigenvalue weighted by molar-refractivity contribution is 5.99. The van der Waals surface area contributed by atoms with Gasteiger partial charge in [-0.05, 0) is 26.0 Å². The van der Waals surface area contributed by atoms with Gasteiger partial charge in [-0.1, -0.05) is 12.1 Å². The lowest BCUT2D eigenvalue weighted by atomic mass is 9.92. The molecule has 0 unspecified atom stereocenters. The summed E-state index contributed by atoms with van der Waals surface area (Å²) in [6, 6.07) is 6.90. The van der Waals surface area contributed by atoms with Crippen LogP contribution in [0.5, 0.6) is 0 Å². The van der Waals surface area contributed by atoms with Crippen LogP contribution in [0.25, 0.3) is 0 Å². The van der Waals surface area contributed by atoms with E-state index >= 15 is 0 Å². The van der Waals surface area contributed by atoms with Crippen LogP contribution in [-0.2, 0) is 4.79 Å². The second kappa shape index (κ2) is 6.19. The highest BCUT2D eigenvalue weighted by atomic mass is 16.2. The zero-order valence-corrected chi connectivity index (χ0v) is 11.4. The van der Waals surface area contributed by atoms with E-state index in [1.165, 1.54) is 0 Å². The molecule has 1 aromatic rings. The van der Waals surface area contributed by atoms with Gasteiger partial charge in [0.2, 0.25) is 5.91 Å². The van der Waals surface area contributed by atoms with Crippen molar-refractivity contribution in [2.24, 2.45) is 11.3 Å². The van der Waals surface area contributed by atoms with Crippen LogP contribution >= 0.6 is 0 Å². The largest absolute Gasteiger partial charge is 0.359 e. The summed E-state index contributed by atoms with van der Waals surface area (Å²) < 4.78 is 0. The third-order valence-corrected chi connectivity index (χ3v) is 2.86. The van der Waals surface area contributed by atoms with Crippen molar-refractivity contribution in [3.05, 3.63) is 29.8 Å². The summed E-state index contributed by atoms with van der Waals surface area (Å²) in [5, 5.41) is 5.30. The van der Waals surface area contributed by atoms with E-state index in [9.17, 15) is 9.59 Å². The van der Waals surface area contributed by atoms with Gasteiger partial charge in [-0.2, -0.15) is 0 Å². The van der Waals surface area contributed by atoms with E-state index in [0.29, 0.717) is 11.3 Å². The highest BCUT2D eigenvalue weighted by Gasteiger charge is 2.27. The first-order chi connectivity index (χ1) is 8.92. The number of para-hydroxylation sites is 1. The predicted molar refractivity (Wildman–Crippen MR) is 74.4 cm³/mol. The topological polar surface area (TPSA) is 96.2 Å². The van der Waals surface area contributed by atoms with E-state index in [0.717, 1.165) is 0 Å². The first-order valence-electron chi connectivity index (χ1n) is 5.98. The molecule has 0 aliphatic rings. The van der Waals surface area contributed by atoms with Crippen molar-refractivity contribution in [2.45, 2.75) is 13.8 Å². The molecule has 0 saturated heterocycles. The van der Waals surface area contributed by atoms with E-state index in [1.54, 1.807) is 45.2 Å². The van der Waals surface area contributed by atoms with Crippen molar-refractivity contribution in [1.82, 2.24) is 10.6 Å². The molecule has 0 aromatic heterocycles. The summed E-state index contributed by atoms with van der Waals surface area (Å²) in [5.41, 5.74) is 2.78. The molecule has 0 radical (unpaired) electrons. The van der Waals surface area contributed by atoms with Gasteiger partial charge in [0.25, 0.3) is 5.91 Å². The number of nitrogens with one attached hydrogen (secondary N) is 3. The van der Waals surface area contributed by atoms with E-state index in [2.05, 4.69) is 16.1 Å². The Morgan fingerprint density at radius 3 is 2.47 bits per heavy atom. The van der Waals surface area contributed by atoms with Gasteiger partial charge >= 0.3 is 0 Å². The predicted octanol–water partition coefficient (Wildman–Crippen LogP) is 0.474. The minimum Gasteiger partial charge on any atom is -0.359 e. The van der Waals surface area contributed by atoms with Crippen molar-refractivity contribution >= 4 is 17.5 Å². The maximum absolute atomic E-state index is 12.0. The molecule has 0 aliphatic heterocycles. The maximum atomic E-state index is 12.0. The Hall–Kier alpha value is -2.08. The van der Waals surface area contributed by atoms with E-state index in [-0.39, 0.29) is 18.4 Å². The number of carbonyl (C=O) groups excluding carboxylic acids is 2. The molecule has 19 heavy (non-hydrogen) atoms. The molecule has 6 nitrogen and oxygen atoms in total. The number of benzene rings is 1. The Kier molecular flexibility index (Phi) is 4.88. The molecule has 6 heteroatoms. The Morgan fingerprint density at radius 1 is 1.26 bits per heavy atom. The Labute approximate surface area is 112 Å². The average Bonchev–Trinajstić information content (AvgIpc) is 2.43. The lowest BCUT2D eigenvalue weighted by Gasteiger charge is -2.23. The van der Waals surface area contributed by atoms with Crippen molar-refractivity contribution in [1.29, 1.82) is 0 Å². The number of hydrogen-bond donors (Lipinski definition) is 4. The van der Waals surface area contributed by atoms with Crippen LogP contribution in [0.3, 0.4) is 0 Å². The summed E-state index contributed by atoms with van der Waals surface area (Å²) in [4.78, 5) is 23.7. The average molecular weight is 264 g/mol. The zero-order valence-electron chi connectivity index (χ0n) is 11.4.